The maximum Gasteiger partial charge on any atom is 0.302 e. The molecule has 0 bridgehead atoms. The summed E-state index contributed by atoms with van der Waals surface area (Å²) in [6.07, 6.45) is 4.60. The molecule has 0 aliphatic carbocycles. The average molecular weight is 246 g/mol. The van der Waals surface area contributed by atoms with Gasteiger partial charge in [0.05, 0.1) is 6.61 Å². The topological polar surface area (TPSA) is 52.6 Å². The van der Waals surface area contributed by atoms with Crippen LogP contribution < -0.4 is 0 Å². The molecule has 17 heavy (non-hydrogen) atoms. The summed E-state index contributed by atoms with van der Waals surface area (Å²) in [5.74, 6) is -0.0153. The molecule has 1 aliphatic heterocycles. The van der Waals surface area contributed by atoms with Gasteiger partial charge in [-0.3, -0.25) is 4.79 Å². The van der Waals surface area contributed by atoms with Crippen LogP contribution in [0, 0.1) is 0 Å². The van der Waals surface area contributed by atoms with E-state index in [0.29, 0.717) is 6.61 Å². The molecular weight excluding hydrogens is 220 g/mol. The molecule has 0 aromatic carbocycles. The van der Waals surface area contributed by atoms with Crippen LogP contribution in [0.5, 0.6) is 0 Å². The zero-order valence-electron chi connectivity index (χ0n) is 11.6. The van der Waals surface area contributed by atoms with Gasteiger partial charge in [-0.05, 0) is 33.1 Å². The average Bonchev–Trinajstić information content (AvgIpc) is 2.74. The number of ether oxygens (including phenoxy) is 2. The summed E-state index contributed by atoms with van der Waals surface area (Å²) in [4.78, 5) is 19.5. The van der Waals surface area contributed by atoms with Crippen LogP contribution in [0.3, 0.4) is 0 Å². The highest BCUT2D eigenvalue weighted by molar-refractivity contribution is 5.72. The van der Waals surface area contributed by atoms with Gasteiger partial charge in [0.25, 0.3) is 0 Å². The minimum atomic E-state index is -0.182. The second-order valence-corrected chi connectivity index (χ2v) is 3.92. The molecule has 0 atom stereocenters. The van der Waals surface area contributed by atoms with Crippen LogP contribution >= 0.6 is 0 Å². The van der Waals surface area contributed by atoms with Crippen LogP contribution in [0.15, 0.2) is 0 Å². The lowest BCUT2D eigenvalue weighted by molar-refractivity contribution is -0.141. The summed E-state index contributed by atoms with van der Waals surface area (Å²) >= 11 is 0. The van der Waals surface area contributed by atoms with Crippen LogP contribution in [0.4, 0.5) is 0 Å². The minimum absolute atomic E-state index is 0.167. The number of unbranched alkanes of at least 4 members (excludes halogenated alkanes) is 1. The number of esters is 1. The van der Waals surface area contributed by atoms with Crippen LogP contribution in [-0.4, -0.2) is 31.6 Å². The van der Waals surface area contributed by atoms with Crippen molar-refractivity contribution in [2.24, 2.45) is 0 Å². The Morgan fingerprint density at radius 3 is 1.82 bits per heavy atom. The first-order valence-corrected chi connectivity index (χ1v) is 6.19. The molecule has 4 nitrogen and oxygen atoms in total. The number of carbonyl (C=O) groups excluding carboxylic acids is 2. The van der Waals surface area contributed by atoms with Crippen molar-refractivity contribution in [3.05, 3.63) is 0 Å². The lowest BCUT2D eigenvalue weighted by Gasteiger charge is -1.96. The van der Waals surface area contributed by atoms with E-state index in [0.717, 1.165) is 26.1 Å². The summed E-state index contributed by atoms with van der Waals surface area (Å²) in [5, 5.41) is 0. The molecule has 0 amide bonds. The molecule has 1 heterocycles. The Morgan fingerprint density at radius 2 is 1.59 bits per heavy atom. The summed E-state index contributed by atoms with van der Waals surface area (Å²) in [6, 6.07) is 0. The van der Waals surface area contributed by atoms with E-state index in [9.17, 15) is 9.59 Å². The number of hydrogen-bond donors (Lipinski definition) is 0. The van der Waals surface area contributed by atoms with Gasteiger partial charge in [-0.25, -0.2) is 0 Å². The standard InChI is InChI=1S/C6H12O2.C4H8O.C3H6O/c1-3-4-5-8-6(2)7;1-2-4-5-3-1;1-3(2)4/h3-5H2,1-2H3;1-4H2;1-2H3. The predicted molar refractivity (Wildman–Crippen MR) is 67.9 cm³/mol. The van der Waals surface area contributed by atoms with E-state index < -0.39 is 0 Å². The van der Waals surface area contributed by atoms with Crippen molar-refractivity contribution in [1.82, 2.24) is 0 Å². The zero-order chi connectivity index (χ0) is 13.5. The first-order valence-electron chi connectivity index (χ1n) is 6.19. The van der Waals surface area contributed by atoms with Crippen molar-refractivity contribution in [3.63, 3.8) is 0 Å². The SMILES string of the molecule is C1CCOC1.CC(C)=O.CCCCOC(C)=O. The summed E-state index contributed by atoms with van der Waals surface area (Å²) < 4.78 is 9.59. The van der Waals surface area contributed by atoms with Crippen LogP contribution in [0.1, 0.15) is 53.4 Å². The highest BCUT2D eigenvalue weighted by atomic mass is 16.5. The van der Waals surface area contributed by atoms with Crippen molar-refractivity contribution in [2.45, 2.75) is 53.4 Å². The third-order valence-corrected chi connectivity index (χ3v) is 1.63. The van der Waals surface area contributed by atoms with Crippen molar-refractivity contribution in [3.8, 4) is 0 Å². The summed E-state index contributed by atoms with van der Waals surface area (Å²) in [6.45, 7) is 9.12. The lowest BCUT2D eigenvalue weighted by Crippen LogP contribution is -1.99. The molecule has 0 aromatic heterocycles. The number of carbonyl (C=O) groups is 2. The number of Topliss-reactive ketones (excluding diaryl/α,β-unsaturated/α-hetero) is 1. The number of hydrogen-bond acceptors (Lipinski definition) is 4. The smallest absolute Gasteiger partial charge is 0.302 e. The first kappa shape index (κ1) is 18.5. The van der Waals surface area contributed by atoms with Crippen molar-refractivity contribution in [1.29, 1.82) is 0 Å². The molecule has 0 saturated carbocycles. The van der Waals surface area contributed by atoms with E-state index in [4.69, 9.17) is 4.74 Å². The second-order valence-electron chi connectivity index (χ2n) is 3.92. The fraction of sp³-hybridized carbons (Fsp3) is 0.846. The Labute approximate surface area is 105 Å². The maximum atomic E-state index is 10.1. The Morgan fingerprint density at radius 1 is 1.12 bits per heavy atom. The van der Waals surface area contributed by atoms with Gasteiger partial charge in [0.15, 0.2) is 0 Å². The molecule has 102 valence electrons. The van der Waals surface area contributed by atoms with Gasteiger partial charge in [0.2, 0.25) is 0 Å². The van der Waals surface area contributed by atoms with E-state index >= 15 is 0 Å². The highest BCUT2D eigenvalue weighted by Crippen LogP contribution is 1.98. The quantitative estimate of drug-likeness (QED) is 0.567. The molecular formula is C13H26O4. The van der Waals surface area contributed by atoms with Crippen LogP contribution in [0.25, 0.3) is 0 Å². The van der Waals surface area contributed by atoms with E-state index in [1.165, 1.54) is 33.6 Å². The molecule has 0 spiro atoms. The number of rotatable bonds is 3. The van der Waals surface area contributed by atoms with Gasteiger partial charge in [0.1, 0.15) is 5.78 Å². The largest absolute Gasteiger partial charge is 0.466 e. The van der Waals surface area contributed by atoms with Crippen molar-refractivity contribution >= 4 is 11.8 Å². The van der Waals surface area contributed by atoms with Gasteiger partial charge in [-0.2, -0.15) is 0 Å². The maximum absolute atomic E-state index is 10.1. The molecule has 1 aliphatic rings. The molecule has 0 N–H and O–H groups in total. The highest BCUT2D eigenvalue weighted by Gasteiger charge is 1.94. The molecule has 1 saturated heterocycles. The molecule has 4 heteroatoms. The van der Waals surface area contributed by atoms with Crippen LogP contribution in [0.2, 0.25) is 0 Å². The molecule has 0 unspecified atom stereocenters. The first-order chi connectivity index (χ1) is 8.00. The van der Waals surface area contributed by atoms with Gasteiger partial charge in [0, 0.05) is 20.1 Å². The Hall–Kier alpha value is -0.900. The van der Waals surface area contributed by atoms with Gasteiger partial charge in [-0.1, -0.05) is 13.3 Å². The van der Waals surface area contributed by atoms with Crippen molar-refractivity contribution < 1.29 is 19.1 Å². The van der Waals surface area contributed by atoms with Crippen molar-refractivity contribution in [2.75, 3.05) is 19.8 Å². The van der Waals surface area contributed by atoms with Gasteiger partial charge >= 0.3 is 5.97 Å². The van der Waals surface area contributed by atoms with Crippen LogP contribution in [-0.2, 0) is 19.1 Å². The number of ketones is 1. The van der Waals surface area contributed by atoms with E-state index in [-0.39, 0.29) is 11.8 Å². The van der Waals surface area contributed by atoms with E-state index in [1.54, 1.807) is 0 Å². The predicted octanol–water partition coefficient (Wildman–Crippen LogP) is 2.74. The lowest BCUT2D eigenvalue weighted by atomic mass is 10.4. The Bertz CT molecular complexity index is 174. The fourth-order valence-corrected chi connectivity index (χ4v) is 0.871. The second kappa shape index (κ2) is 15.1. The Balaban J connectivity index is 0. The summed E-state index contributed by atoms with van der Waals surface area (Å²) in [5.41, 5.74) is 0. The monoisotopic (exact) mass is 246 g/mol. The molecule has 1 fully saturated rings. The third kappa shape index (κ3) is 31.3. The minimum Gasteiger partial charge on any atom is -0.466 e. The van der Waals surface area contributed by atoms with E-state index in [2.05, 4.69) is 11.7 Å². The fourth-order valence-electron chi connectivity index (χ4n) is 0.871. The molecule has 0 radical (unpaired) electrons. The van der Waals surface area contributed by atoms with Gasteiger partial charge in [-0.15, -0.1) is 0 Å². The van der Waals surface area contributed by atoms with Gasteiger partial charge < -0.3 is 14.3 Å². The third-order valence-electron chi connectivity index (χ3n) is 1.63. The molecule has 1 rings (SSSR count). The molecule has 0 aromatic rings. The zero-order valence-corrected chi connectivity index (χ0v) is 11.6. The Kier molecular flexibility index (Phi) is 16.4. The normalized spacial score (nSPS) is 12.7. The summed E-state index contributed by atoms with van der Waals surface area (Å²) in [7, 11) is 0. The van der Waals surface area contributed by atoms with E-state index in [1.807, 2.05) is 0 Å².